The quantitative estimate of drug-likeness (QED) is 0.861. The molecule has 3 rings (SSSR count). The highest BCUT2D eigenvalue weighted by molar-refractivity contribution is 5.94. The fraction of sp³-hybridized carbons (Fsp3) is 0.579. The number of hydrogen-bond donors (Lipinski definition) is 1. The predicted molar refractivity (Wildman–Crippen MR) is 93.9 cm³/mol. The first-order chi connectivity index (χ1) is 11.7. The first-order valence-electron chi connectivity index (χ1n) is 9.03. The van der Waals surface area contributed by atoms with Crippen LogP contribution < -0.4 is 5.32 Å². The van der Waals surface area contributed by atoms with E-state index in [1.54, 1.807) is 0 Å². The summed E-state index contributed by atoms with van der Waals surface area (Å²) in [5.74, 6) is 0.912. The van der Waals surface area contributed by atoms with Crippen LogP contribution in [0.25, 0.3) is 0 Å². The highest BCUT2D eigenvalue weighted by Gasteiger charge is 2.25. The molecule has 5 heteroatoms. The fourth-order valence-electron chi connectivity index (χ4n) is 3.01. The van der Waals surface area contributed by atoms with Crippen LogP contribution in [0.1, 0.15) is 35.7 Å². The van der Waals surface area contributed by atoms with Crippen molar-refractivity contribution in [3.63, 3.8) is 0 Å². The summed E-state index contributed by atoms with van der Waals surface area (Å²) >= 11 is 0. The molecule has 1 aliphatic carbocycles. The van der Waals surface area contributed by atoms with E-state index in [2.05, 4.69) is 17.1 Å². The summed E-state index contributed by atoms with van der Waals surface area (Å²) in [5, 5.41) is 3.00. The zero-order valence-electron chi connectivity index (χ0n) is 14.5. The minimum atomic E-state index is 0.0930. The molecule has 1 aromatic rings. The highest BCUT2D eigenvalue weighted by atomic mass is 16.2. The normalized spacial score (nSPS) is 18.5. The Morgan fingerprint density at radius 1 is 1.08 bits per heavy atom. The summed E-state index contributed by atoms with van der Waals surface area (Å²) in [6, 6.07) is 7.87. The van der Waals surface area contributed by atoms with E-state index < -0.39 is 0 Å². The molecular weight excluding hydrogens is 302 g/mol. The number of nitrogens with zero attached hydrogens (tertiary/aromatic N) is 2. The summed E-state index contributed by atoms with van der Waals surface area (Å²) in [6.45, 7) is 6.27. The van der Waals surface area contributed by atoms with Gasteiger partial charge in [0.25, 0.3) is 5.91 Å². The lowest BCUT2D eigenvalue weighted by Gasteiger charge is -2.34. The van der Waals surface area contributed by atoms with Crippen LogP contribution in [0.5, 0.6) is 0 Å². The number of carbonyl (C=O) groups excluding carboxylic acids is 2. The van der Waals surface area contributed by atoms with Gasteiger partial charge in [-0.2, -0.15) is 0 Å². The summed E-state index contributed by atoms with van der Waals surface area (Å²) in [7, 11) is 0. The van der Waals surface area contributed by atoms with E-state index in [4.69, 9.17) is 0 Å². The van der Waals surface area contributed by atoms with Gasteiger partial charge in [0, 0.05) is 38.3 Å². The second-order valence-electron chi connectivity index (χ2n) is 6.87. The van der Waals surface area contributed by atoms with Gasteiger partial charge in [-0.3, -0.25) is 14.5 Å². The second kappa shape index (κ2) is 7.79. The molecule has 24 heavy (non-hydrogen) atoms. The molecule has 1 heterocycles. The van der Waals surface area contributed by atoms with Crippen LogP contribution in [0.3, 0.4) is 0 Å². The molecule has 0 spiro atoms. The average molecular weight is 329 g/mol. The lowest BCUT2D eigenvalue weighted by molar-refractivity contribution is -0.122. The van der Waals surface area contributed by atoms with Crippen molar-refractivity contribution in [3.05, 3.63) is 35.4 Å². The largest absolute Gasteiger partial charge is 0.355 e. The smallest absolute Gasteiger partial charge is 0.253 e. The monoisotopic (exact) mass is 329 g/mol. The van der Waals surface area contributed by atoms with Crippen LogP contribution in [0.2, 0.25) is 0 Å². The zero-order chi connectivity index (χ0) is 16.9. The number of carbonyl (C=O) groups is 2. The van der Waals surface area contributed by atoms with Gasteiger partial charge in [-0.15, -0.1) is 0 Å². The minimum Gasteiger partial charge on any atom is -0.355 e. The van der Waals surface area contributed by atoms with Crippen molar-refractivity contribution in [2.75, 3.05) is 39.3 Å². The van der Waals surface area contributed by atoms with E-state index >= 15 is 0 Å². The van der Waals surface area contributed by atoms with Crippen molar-refractivity contribution >= 4 is 11.8 Å². The SMILES string of the molecule is CCc1ccc(C(=O)N2CCN(CC(=O)NCC3CC3)CC2)cc1. The first kappa shape index (κ1) is 17.0. The molecule has 5 nitrogen and oxygen atoms in total. The van der Waals surface area contributed by atoms with E-state index in [0.29, 0.717) is 25.6 Å². The topological polar surface area (TPSA) is 52.7 Å². The Morgan fingerprint density at radius 2 is 1.75 bits per heavy atom. The van der Waals surface area contributed by atoms with Crippen molar-refractivity contribution < 1.29 is 9.59 Å². The zero-order valence-corrected chi connectivity index (χ0v) is 14.5. The number of benzene rings is 1. The number of piperazine rings is 1. The number of nitrogens with one attached hydrogen (secondary N) is 1. The molecule has 1 saturated carbocycles. The van der Waals surface area contributed by atoms with Gasteiger partial charge in [-0.25, -0.2) is 0 Å². The van der Waals surface area contributed by atoms with Crippen molar-refractivity contribution in [1.82, 2.24) is 15.1 Å². The molecule has 0 atom stereocenters. The minimum absolute atomic E-state index is 0.0930. The molecule has 130 valence electrons. The molecule has 1 aliphatic heterocycles. The number of amides is 2. The Hall–Kier alpha value is -1.88. The van der Waals surface area contributed by atoms with E-state index in [0.717, 1.165) is 31.6 Å². The van der Waals surface area contributed by atoms with Crippen molar-refractivity contribution in [2.45, 2.75) is 26.2 Å². The van der Waals surface area contributed by atoms with Crippen molar-refractivity contribution in [1.29, 1.82) is 0 Å². The first-order valence-corrected chi connectivity index (χ1v) is 9.03. The number of rotatable bonds is 6. The van der Waals surface area contributed by atoms with E-state index in [9.17, 15) is 9.59 Å². The summed E-state index contributed by atoms with van der Waals surface area (Å²) in [6.07, 6.45) is 3.48. The number of hydrogen-bond acceptors (Lipinski definition) is 3. The third kappa shape index (κ3) is 4.57. The fourth-order valence-corrected chi connectivity index (χ4v) is 3.01. The maximum atomic E-state index is 12.5. The third-order valence-corrected chi connectivity index (χ3v) is 4.92. The second-order valence-corrected chi connectivity index (χ2v) is 6.87. The maximum Gasteiger partial charge on any atom is 0.253 e. The lowest BCUT2D eigenvalue weighted by Crippen LogP contribution is -2.51. The maximum absolute atomic E-state index is 12.5. The molecule has 2 fully saturated rings. The van der Waals surface area contributed by atoms with Gasteiger partial charge in [-0.1, -0.05) is 19.1 Å². The Morgan fingerprint density at radius 3 is 2.33 bits per heavy atom. The average Bonchev–Trinajstić information content (AvgIpc) is 3.44. The van der Waals surface area contributed by atoms with Gasteiger partial charge < -0.3 is 10.2 Å². The van der Waals surface area contributed by atoms with Gasteiger partial charge in [0.2, 0.25) is 5.91 Å². The Kier molecular flexibility index (Phi) is 5.51. The molecule has 1 N–H and O–H groups in total. The summed E-state index contributed by atoms with van der Waals surface area (Å²) < 4.78 is 0. The van der Waals surface area contributed by atoms with Crippen molar-refractivity contribution in [3.8, 4) is 0 Å². The van der Waals surface area contributed by atoms with Gasteiger partial charge >= 0.3 is 0 Å². The van der Waals surface area contributed by atoms with Crippen LogP contribution in [0, 0.1) is 5.92 Å². The molecule has 0 bridgehead atoms. The predicted octanol–water partition coefficient (Wildman–Crippen LogP) is 1.53. The molecule has 2 amide bonds. The van der Waals surface area contributed by atoms with Crippen molar-refractivity contribution in [2.24, 2.45) is 5.92 Å². The molecule has 2 aliphatic rings. The molecule has 1 saturated heterocycles. The van der Waals surface area contributed by atoms with Gasteiger partial charge in [-0.05, 0) is 42.9 Å². The Balaban J connectivity index is 1.43. The highest BCUT2D eigenvalue weighted by Crippen LogP contribution is 2.27. The van der Waals surface area contributed by atoms with Gasteiger partial charge in [0.05, 0.1) is 6.54 Å². The molecule has 1 aromatic carbocycles. The van der Waals surface area contributed by atoms with E-state index in [-0.39, 0.29) is 11.8 Å². The van der Waals surface area contributed by atoms with Crippen LogP contribution in [0.15, 0.2) is 24.3 Å². The Bertz CT molecular complexity index is 573. The summed E-state index contributed by atoms with van der Waals surface area (Å²) in [4.78, 5) is 28.5. The van der Waals surface area contributed by atoms with Crippen LogP contribution in [-0.4, -0.2) is 60.9 Å². The van der Waals surface area contributed by atoms with Crippen LogP contribution in [0.4, 0.5) is 0 Å². The van der Waals surface area contributed by atoms with E-state index in [1.165, 1.54) is 18.4 Å². The molecule has 0 aromatic heterocycles. The van der Waals surface area contributed by atoms with Gasteiger partial charge in [0.1, 0.15) is 0 Å². The van der Waals surface area contributed by atoms with E-state index in [1.807, 2.05) is 29.2 Å². The van der Waals surface area contributed by atoms with Crippen LogP contribution >= 0.6 is 0 Å². The number of aryl methyl sites for hydroxylation is 1. The third-order valence-electron chi connectivity index (χ3n) is 4.92. The Labute approximate surface area is 144 Å². The molecule has 0 unspecified atom stereocenters. The standard InChI is InChI=1S/C19H27N3O2/c1-2-15-5-7-17(8-6-15)19(24)22-11-9-21(10-12-22)14-18(23)20-13-16-3-4-16/h5-8,16H,2-4,9-14H2,1H3,(H,20,23). The van der Waals surface area contributed by atoms with Gasteiger partial charge in [0.15, 0.2) is 0 Å². The molecule has 0 radical (unpaired) electrons. The lowest BCUT2D eigenvalue weighted by atomic mass is 10.1. The van der Waals surface area contributed by atoms with Crippen LogP contribution in [-0.2, 0) is 11.2 Å². The molecular formula is C19H27N3O2. The summed E-state index contributed by atoms with van der Waals surface area (Å²) in [5.41, 5.74) is 2.00.